The van der Waals surface area contributed by atoms with Crippen LogP contribution in [0.15, 0.2) is 0 Å². The molecule has 0 unspecified atom stereocenters. The van der Waals surface area contributed by atoms with Gasteiger partial charge in [-0.1, -0.05) is 0 Å². The maximum absolute atomic E-state index is 5.57. The molecule has 3 fully saturated rings. The number of epoxide rings is 1. The smallest absolute Gasteiger partial charge is 0.0918 e. The van der Waals surface area contributed by atoms with Gasteiger partial charge in [0.1, 0.15) is 0 Å². The second-order valence-electron chi connectivity index (χ2n) is 5.66. The van der Waals surface area contributed by atoms with Crippen LogP contribution in [0.25, 0.3) is 0 Å². The van der Waals surface area contributed by atoms with Gasteiger partial charge >= 0.3 is 0 Å². The van der Waals surface area contributed by atoms with E-state index in [0.29, 0.717) is 11.1 Å². The third-order valence-corrected chi connectivity index (χ3v) is 4.66. The molecular formula is C12H21NO. The molecule has 1 spiro atoms. The Morgan fingerprint density at radius 3 is 2.07 bits per heavy atom. The highest BCUT2D eigenvalue weighted by atomic mass is 16.6. The molecule has 1 aliphatic carbocycles. The fraction of sp³-hybridized carbons (Fsp3) is 1.00. The highest BCUT2D eigenvalue weighted by molar-refractivity contribution is 5.03. The first-order valence-electron chi connectivity index (χ1n) is 6.12. The van der Waals surface area contributed by atoms with Crippen LogP contribution < -0.4 is 0 Å². The molecule has 3 rings (SSSR count). The van der Waals surface area contributed by atoms with Crippen LogP contribution in [-0.4, -0.2) is 35.7 Å². The van der Waals surface area contributed by atoms with Gasteiger partial charge in [-0.05, 0) is 58.5 Å². The molecule has 2 saturated heterocycles. The summed E-state index contributed by atoms with van der Waals surface area (Å²) in [6, 6.07) is 0. The first-order chi connectivity index (χ1) is 6.73. The van der Waals surface area contributed by atoms with Gasteiger partial charge in [0.05, 0.1) is 12.2 Å². The zero-order valence-electron chi connectivity index (χ0n) is 9.22. The first-order valence-corrected chi connectivity index (χ1v) is 6.12. The number of hydrogen-bond acceptors (Lipinski definition) is 2. The Bertz CT molecular complexity index is 218. The SMILES string of the molecule is CC1(N2CCCC2)CCC2(CC1)CO2. The molecule has 0 radical (unpaired) electrons. The quantitative estimate of drug-likeness (QED) is 0.596. The average Bonchev–Trinajstić information content (AvgIpc) is 2.75. The van der Waals surface area contributed by atoms with E-state index in [-0.39, 0.29) is 0 Å². The van der Waals surface area contributed by atoms with E-state index in [1.54, 1.807) is 0 Å². The summed E-state index contributed by atoms with van der Waals surface area (Å²) >= 11 is 0. The summed E-state index contributed by atoms with van der Waals surface area (Å²) in [5, 5.41) is 0. The molecule has 0 amide bonds. The van der Waals surface area contributed by atoms with E-state index in [1.807, 2.05) is 0 Å². The highest BCUT2D eigenvalue weighted by Gasteiger charge is 2.51. The number of rotatable bonds is 1. The lowest BCUT2D eigenvalue weighted by Crippen LogP contribution is -2.48. The summed E-state index contributed by atoms with van der Waals surface area (Å²) in [7, 11) is 0. The molecule has 0 aromatic heterocycles. The maximum Gasteiger partial charge on any atom is 0.0918 e. The highest BCUT2D eigenvalue weighted by Crippen LogP contribution is 2.47. The van der Waals surface area contributed by atoms with E-state index in [0.717, 1.165) is 6.61 Å². The van der Waals surface area contributed by atoms with Crippen LogP contribution in [0.3, 0.4) is 0 Å². The van der Waals surface area contributed by atoms with Crippen LogP contribution in [0.5, 0.6) is 0 Å². The van der Waals surface area contributed by atoms with Crippen LogP contribution in [-0.2, 0) is 4.74 Å². The standard InChI is InChI=1S/C12H21NO/c1-11(13-8-2-3-9-13)4-6-12(7-5-11)10-14-12/h2-10H2,1H3. The van der Waals surface area contributed by atoms with Crippen molar-refractivity contribution in [2.45, 2.75) is 56.6 Å². The van der Waals surface area contributed by atoms with Gasteiger partial charge in [0.15, 0.2) is 0 Å². The zero-order chi connectivity index (χ0) is 9.65. The predicted molar refractivity (Wildman–Crippen MR) is 56.4 cm³/mol. The number of ether oxygens (including phenoxy) is 1. The Labute approximate surface area is 86.6 Å². The molecule has 2 aliphatic heterocycles. The van der Waals surface area contributed by atoms with Crippen LogP contribution in [0.4, 0.5) is 0 Å². The molecule has 0 aromatic rings. The van der Waals surface area contributed by atoms with Crippen molar-refractivity contribution in [1.29, 1.82) is 0 Å². The second kappa shape index (κ2) is 2.96. The predicted octanol–water partition coefficient (Wildman–Crippen LogP) is 2.18. The van der Waals surface area contributed by atoms with Gasteiger partial charge in [0.2, 0.25) is 0 Å². The molecule has 0 N–H and O–H groups in total. The fourth-order valence-corrected chi connectivity index (χ4v) is 3.21. The Morgan fingerprint density at radius 1 is 1.00 bits per heavy atom. The van der Waals surface area contributed by atoms with E-state index < -0.39 is 0 Å². The monoisotopic (exact) mass is 195 g/mol. The van der Waals surface area contributed by atoms with Gasteiger partial charge in [0.25, 0.3) is 0 Å². The summed E-state index contributed by atoms with van der Waals surface area (Å²) in [6.07, 6.45) is 8.15. The van der Waals surface area contributed by atoms with Crippen molar-refractivity contribution >= 4 is 0 Å². The largest absolute Gasteiger partial charge is 0.370 e. The second-order valence-corrected chi connectivity index (χ2v) is 5.66. The van der Waals surface area contributed by atoms with Crippen LogP contribution in [0.2, 0.25) is 0 Å². The molecular weight excluding hydrogens is 174 g/mol. The lowest BCUT2D eigenvalue weighted by Gasteiger charge is -2.43. The molecule has 2 nitrogen and oxygen atoms in total. The molecule has 0 atom stereocenters. The number of likely N-dealkylation sites (tertiary alicyclic amines) is 1. The fourth-order valence-electron chi connectivity index (χ4n) is 3.21. The van der Waals surface area contributed by atoms with Crippen molar-refractivity contribution in [3.8, 4) is 0 Å². The van der Waals surface area contributed by atoms with Gasteiger partial charge in [-0.15, -0.1) is 0 Å². The van der Waals surface area contributed by atoms with Crippen molar-refractivity contribution in [2.24, 2.45) is 0 Å². The summed E-state index contributed by atoms with van der Waals surface area (Å²) in [4.78, 5) is 2.72. The summed E-state index contributed by atoms with van der Waals surface area (Å²) < 4.78 is 5.57. The first kappa shape index (κ1) is 9.17. The molecule has 2 heteroatoms. The molecule has 0 aromatic carbocycles. The van der Waals surface area contributed by atoms with Crippen LogP contribution >= 0.6 is 0 Å². The lowest BCUT2D eigenvalue weighted by molar-refractivity contribution is 0.0600. The van der Waals surface area contributed by atoms with E-state index in [4.69, 9.17) is 4.74 Å². The molecule has 3 aliphatic rings. The zero-order valence-corrected chi connectivity index (χ0v) is 9.22. The van der Waals surface area contributed by atoms with Crippen molar-refractivity contribution in [3.63, 3.8) is 0 Å². The van der Waals surface area contributed by atoms with Gasteiger partial charge in [-0.2, -0.15) is 0 Å². The van der Waals surface area contributed by atoms with Crippen molar-refractivity contribution in [2.75, 3.05) is 19.7 Å². The van der Waals surface area contributed by atoms with Crippen molar-refractivity contribution < 1.29 is 4.74 Å². The number of hydrogen-bond donors (Lipinski definition) is 0. The third kappa shape index (κ3) is 1.40. The van der Waals surface area contributed by atoms with E-state index in [2.05, 4.69) is 11.8 Å². The van der Waals surface area contributed by atoms with Gasteiger partial charge in [-0.3, -0.25) is 4.90 Å². The Hall–Kier alpha value is -0.0800. The lowest BCUT2D eigenvalue weighted by atomic mass is 9.77. The molecule has 1 saturated carbocycles. The van der Waals surface area contributed by atoms with E-state index in [1.165, 1.54) is 51.6 Å². The average molecular weight is 195 g/mol. The van der Waals surface area contributed by atoms with Gasteiger partial charge < -0.3 is 4.74 Å². The van der Waals surface area contributed by atoms with Gasteiger partial charge in [0, 0.05) is 5.54 Å². The summed E-state index contributed by atoms with van der Waals surface area (Å²) in [6.45, 7) is 6.19. The number of nitrogens with zero attached hydrogens (tertiary/aromatic N) is 1. The van der Waals surface area contributed by atoms with Crippen molar-refractivity contribution in [1.82, 2.24) is 4.90 Å². The minimum Gasteiger partial charge on any atom is -0.370 e. The van der Waals surface area contributed by atoms with Crippen LogP contribution in [0.1, 0.15) is 45.4 Å². The topological polar surface area (TPSA) is 15.8 Å². The minimum absolute atomic E-state index is 0.360. The Morgan fingerprint density at radius 2 is 1.57 bits per heavy atom. The molecule has 0 bridgehead atoms. The normalized spacial score (nSPS) is 48.6. The molecule has 14 heavy (non-hydrogen) atoms. The van der Waals surface area contributed by atoms with E-state index >= 15 is 0 Å². The maximum atomic E-state index is 5.57. The third-order valence-electron chi connectivity index (χ3n) is 4.66. The minimum atomic E-state index is 0.360. The van der Waals surface area contributed by atoms with Crippen molar-refractivity contribution in [3.05, 3.63) is 0 Å². The molecule has 2 heterocycles. The Kier molecular flexibility index (Phi) is 1.94. The Balaban J connectivity index is 1.65. The molecule has 80 valence electrons. The van der Waals surface area contributed by atoms with Crippen LogP contribution in [0, 0.1) is 0 Å². The summed E-state index contributed by atoms with van der Waals surface area (Å²) in [5.41, 5.74) is 0.868. The van der Waals surface area contributed by atoms with E-state index in [9.17, 15) is 0 Å². The summed E-state index contributed by atoms with van der Waals surface area (Å²) in [5.74, 6) is 0. The van der Waals surface area contributed by atoms with Gasteiger partial charge in [-0.25, -0.2) is 0 Å².